The highest BCUT2D eigenvalue weighted by Gasteiger charge is 2.26. The van der Waals surface area contributed by atoms with Crippen molar-refractivity contribution in [3.05, 3.63) is 217 Å². The van der Waals surface area contributed by atoms with Gasteiger partial charge in [0.1, 0.15) is 5.82 Å². The molecule has 0 saturated carbocycles. The second-order valence-corrected chi connectivity index (χ2v) is 14.6. The Labute approximate surface area is 325 Å². The zero-order valence-electron chi connectivity index (χ0n) is 30.7. The van der Waals surface area contributed by atoms with E-state index < -0.39 is 0 Å². The van der Waals surface area contributed by atoms with Crippen LogP contribution in [0.2, 0.25) is 0 Å². The van der Waals surface area contributed by atoms with E-state index in [4.69, 9.17) is 0 Å². The summed E-state index contributed by atoms with van der Waals surface area (Å²) in [5.74, 6) is 1.05. The topological polar surface area (TPSA) is 29.0 Å². The normalized spacial score (nSPS) is 14.2. The van der Waals surface area contributed by atoms with Gasteiger partial charge in [0.05, 0.1) is 17.1 Å². The van der Waals surface area contributed by atoms with Gasteiger partial charge in [-0.05, 0) is 86.3 Å². The second kappa shape index (κ2) is 13.2. The molecule has 9 aromatic carbocycles. The molecule has 2 heterocycles. The Morgan fingerprint density at radius 2 is 1.11 bits per heavy atom. The molecule has 0 amide bonds. The van der Waals surface area contributed by atoms with Crippen molar-refractivity contribution in [2.75, 3.05) is 5.32 Å². The first kappa shape index (κ1) is 32.1. The van der Waals surface area contributed by atoms with E-state index in [-0.39, 0.29) is 6.04 Å². The van der Waals surface area contributed by atoms with Gasteiger partial charge in [-0.15, -0.1) is 0 Å². The van der Waals surface area contributed by atoms with Gasteiger partial charge < -0.3 is 10.6 Å². The molecule has 2 N–H and O–H groups in total. The maximum absolute atomic E-state index is 4.01. The minimum Gasteiger partial charge on any atom is -0.361 e. The number of rotatable bonds is 6. The third-order valence-corrected chi connectivity index (χ3v) is 11.3. The number of benzene rings is 9. The summed E-state index contributed by atoms with van der Waals surface area (Å²) < 4.78 is 2.49. The van der Waals surface area contributed by atoms with Crippen LogP contribution in [0.4, 0.5) is 11.4 Å². The molecule has 264 valence electrons. The third-order valence-electron chi connectivity index (χ3n) is 11.3. The van der Waals surface area contributed by atoms with Crippen molar-refractivity contribution in [3.8, 4) is 11.1 Å². The molecular formula is C53H37N3. The van der Waals surface area contributed by atoms with Crippen molar-refractivity contribution in [2.24, 2.45) is 0 Å². The Hall–Kier alpha value is -7.36. The Morgan fingerprint density at radius 1 is 0.482 bits per heavy atom. The van der Waals surface area contributed by atoms with Crippen molar-refractivity contribution >= 4 is 76.9 Å². The molecule has 0 bridgehead atoms. The number of hydrogen-bond acceptors (Lipinski definition) is 2. The van der Waals surface area contributed by atoms with Gasteiger partial charge in [-0.25, -0.2) is 0 Å². The van der Waals surface area contributed by atoms with Crippen molar-refractivity contribution < 1.29 is 0 Å². The molecule has 0 saturated heterocycles. The van der Waals surface area contributed by atoms with E-state index in [9.17, 15) is 0 Å². The third kappa shape index (κ3) is 5.20. The monoisotopic (exact) mass is 715 g/mol. The fourth-order valence-electron chi connectivity index (χ4n) is 8.91. The molecule has 0 fully saturated rings. The van der Waals surface area contributed by atoms with E-state index in [0.29, 0.717) is 0 Å². The maximum atomic E-state index is 4.01. The van der Waals surface area contributed by atoms with Crippen molar-refractivity contribution in [1.82, 2.24) is 9.88 Å². The van der Waals surface area contributed by atoms with Gasteiger partial charge in [0.15, 0.2) is 0 Å². The largest absolute Gasteiger partial charge is 0.361 e. The van der Waals surface area contributed by atoms with Gasteiger partial charge in [0, 0.05) is 38.5 Å². The highest BCUT2D eigenvalue weighted by atomic mass is 15.2. The number of aromatic nitrogens is 1. The summed E-state index contributed by atoms with van der Waals surface area (Å²) in [4.78, 5) is 0. The summed E-state index contributed by atoms with van der Waals surface area (Å²) in [6.45, 7) is 0. The summed E-state index contributed by atoms with van der Waals surface area (Å²) in [5.41, 5.74) is 10.5. The zero-order valence-corrected chi connectivity index (χ0v) is 30.7. The van der Waals surface area contributed by atoms with Gasteiger partial charge in [-0.2, -0.15) is 0 Å². The molecule has 3 heteroatoms. The van der Waals surface area contributed by atoms with Gasteiger partial charge in [0.25, 0.3) is 0 Å². The molecule has 0 aliphatic carbocycles. The lowest BCUT2D eigenvalue weighted by Gasteiger charge is -2.27. The van der Waals surface area contributed by atoms with Gasteiger partial charge in [-0.1, -0.05) is 164 Å². The average Bonchev–Trinajstić information content (AvgIpc) is 3.62. The van der Waals surface area contributed by atoms with Crippen LogP contribution < -0.4 is 10.6 Å². The fraction of sp³-hybridized carbons (Fsp3) is 0.0189. The van der Waals surface area contributed by atoms with Crippen LogP contribution in [0, 0.1) is 0 Å². The quantitative estimate of drug-likeness (QED) is 0.168. The standard InChI is InChI=1S/C53H37N3/c1-4-18-35(19-5-1)38-33-47(36-20-6-2-7-21-36)55-49(34-38)56-48-31-17-15-29-44(48)52-51-40-25-11-10-22-37(40)32-45(50(51)42-27-12-13-28-43(42)53(52)56)41-26-14-16-30-46(41)54-39-23-8-3-9-24-39/h1-34,47,54-55H. The van der Waals surface area contributed by atoms with Gasteiger partial charge >= 0.3 is 0 Å². The summed E-state index contributed by atoms with van der Waals surface area (Å²) in [6.07, 6.45) is 4.69. The molecule has 1 aromatic heterocycles. The Morgan fingerprint density at radius 3 is 1.91 bits per heavy atom. The first-order chi connectivity index (χ1) is 27.8. The molecule has 1 atom stereocenters. The molecule has 0 radical (unpaired) electrons. The van der Waals surface area contributed by atoms with Gasteiger partial charge in [-0.3, -0.25) is 4.57 Å². The van der Waals surface area contributed by atoms with Crippen molar-refractivity contribution in [1.29, 1.82) is 0 Å². The Bertz CT molecular complexity index is 3170. The minimum absolute atomic E-state index is 0.0182. The summed E-state index contributed by atoms with van der Waals surface area (Å²) in [7, 11) is 0. The number of fused-ring (bicyclic) bond motifs is 10. The van der Waals surface area contributed by atoms with Crippen LogP contribution >= 0.6 is 0 Å². The molecular weight excluding hydrogens is 679 g/mol. The summed E-state index contributed by atoms with van der Waals surface area (Å²) >= 11 is 0. The fourth-order valence-corrected chi connectivity index (χ4v) is 8.91. The molecule has 11 rings (SSSR count). The highest BCUT2D eigenvalue weighted by Crippen LogP contribution is 2.49. The van der Waals surface area contributed by atoms with E-state index in [1.165, 1.54) is 82.0 Å². The Kier molecular flexibility index (Phi) is 7.56. The van der Waals surface area contributed by atoms with Crippen LogP contribution in [0.15, 0.2) is 206 Å². The first-order valence-electron chi connectivity index (χ1n) is 19.3. The smallest absolute Gasteiger partial charge is 0.112 e. The zero-order chi connectivity index (χ0) is 37.0. The molecule has 1 unspecified atom stereocenters. The average molecular weight is 716 g/mol. The maximum Gasteiger partial charge on any atom is 0.112 e. The number of nitrogens with zero attached hydrogens (tertiary/aromatic N) is 1. The van der Waals surface area contributed by atoms with Crippen LogP contribution in [0.3, 0.4) is 0 Å². The van der Waals surface area contributed by atoms with E-state index in [1.807, 2.05) is 0 Å². The molecule has 0 spiro atoms. The van der Waals surface area contributed by atoms with Gasteiger partial charge in [0.2, 0.25) is 0 Å². The number of allylic oxidation sites excluding steroid dienone is 2. The van der Waals surface area contributed by atoms with Crippen molar-refractivity contribution in [2.45, 2.75) is 6.04 Å². The minimum atomic E-state index is -0.0182. The van der Waals surface area contributed by atoms with Crippen LogP contribution in [-0.2, 0) is 0 Å². The van der Waals surface area contributed by atoms with Crippen LogP contribution in [-0.4, -0.2) is 4.57 Å². The molecule has 1 aliphatic rings. The molecule has 56 heavy (non-hydrogen) atoms. The van der Waals surface area contributed by atoms with Crippen LogP contribution in [0.1, 0.15) is 17.2 Å². The van der Waals surface area contributed by atoms with Crippen molar-refractivity contribution in [3.63, 3.8) is 0 Å². The number of anilines is 2. The van der Waals surface area contributed by atoms with E-state index in [2.05, 4.69) is 221 Å². The first-order valence-corrected chi connectivity index (χ1v) is 19.3. The SMILES string of the molecule is C1=C(c2ccccc2)C=C(n2c3ccccc3c3c4c5ccccc5cc(-c5ccccc5Nc5ccccc5)c4c4ccccc4c32)NC1c1ccccc1. The lowest BCUT2D eigenvalue weighted by atomic mass is 9.87. The van der Waals surface area contributed by atoms with E-state index >= 15 is 0 Å². The summed E-state index contributed by atoms with van der Waals surface area (Å²) in [6, 6.07) is 69.9. The summed E-state index contributed by atoms with van der Waals surface area (Å²) in [5, 5.41) is 17.7. The lowest BCUT2D eigenvalue weighted by Crippen LogP contribution is -2.25. The molecule has 3 nitrogen and oxygen atoms in total. The van der Waals surface area contributed by atoms with Crippen LogP contribution in [0.5, 0.6) is 0 Å². The Balaban J connectivity index is 1.27. The van der Waals surface area contributed by atoms with Crippen LogP contribution in [0.25, 0.3) is 76.6 Å². The predicted molar refractivity (Wildman–Crippen MR) is 238 cm³/mol. The van der Waals surface area contributed by atoms with E-state index in [0.717, 1.165) is 17.2 Å². The molecule has 10 aromatic rings. The second-order valence-electron chi connectivity index (χ2n) is 14.6. The highest BCUT2D eigenvalue weighted by molar-refractivity contribution is 6.39. The lowest BCUT2D eigenvalue weighted by molar-refractivity contribution is 0.739. The number of dihydropyridines is 1. The number of para-hydroxylation sites is 3. The molecule has 1 aliphatic heterocycles. The number of hydrogen-bond donors (Lipinski definition) is 2. The van der Waals surface area contributed by atoms with E-state index in [1.54, 1.807) is 0 Å². The predicted octanol–water partition coefficient (Wildman–Crippen LogP) is 13.9. The number of nitrogens with one attached hydrogen (secondary N) is 2.